The number of carbonyl (C=O) groups excluding carboxylic acids is 1. The Morgan fingerprint density at radius 3 is 2.60 bits per heavy atom. The third-order valence-corrected chi connectivity index (χ3v) is 5.12. The van der Waals surface area contributed by atoms with Crippen LogP contribution >= 0.6 is 11.8 Å². The molecule has 1 aromatic carbocycles. The van der Waals surface area contributed by atoms with Gasteiger partial charge in [0.25, 0.3) is 5.91 Å². The molecule has 1 N–H and O–H groups in total. The smallest absolute Gasteiger partial charge is 0.395 e. The van der Waals surface area contributed by atoms with E-state index >= 15 is 0 Å². The van der Waals surface area contributed by atoms with Crippen LogP contribution in [-0.2, 0) is 11.4 Å². The molecule has 1 unspecified atom stereocenters. The van der Waals surface area contributed by atoms with Gasteiger partial charge in [0.15, 0.2) is 6.61 Å². The number of likely N-dealkylation sites (tertiary alicyclic amines) is 1. The average Bonchev–Trinajstić information content (AvgIpc) is 3.19. The number of hydrogen-bond acceptors (Lipinski definition) is 6. The monoisotopic (exact) mass is 443 g/mol. The van der Waals surface area contributed by atoms with E-state index in [9.17, 15) is 18.0 Å². The van der Waals surface area contributed by atoms with Gasteiger partial charge in [-0.3, -0.25) is 4.79 Å². The fourth-order valence-corrected chi connectivity index (χ4v) is 3.77. The third kappa shape index (κ3) is 9.33. The number of halogens is 3. The van der Waals surface area contributed by atoms with Gasteiger partial charge in [0.05, 0.1) is 13.0 Å². The van der Waals surface area contributed by atoms with Crippen LogP contribution in [0, 0.1) is 12.8 Å². The van der Waals surface area contributed by atoms with Crippen LogP contribution in [0.2, 0.25) is 0 Å². The maximum atomic E-state index is 12.7. The van der Waals surface area contributed by atoms with Crippen molar-refractivity contribution in [3.63, 3.8) is 0 Å². The maximum absolute atomic E-state index is 12.7. The Kier molecular flexibility index (Phi) is 11.0. The fourth-order valence-electron chi connectivity index (χ4n) is 2.56. The number of terminal acetylenes is 1. The largest absolute Gasteiger partial charge is 0.484 e. The summed E-state index contributed by atoms with van der Waals surface area (Å²) >= 11 is 1.02. The van der Waals surface area contributed by atoms with E-state index in [0.29, 0.717) is 25.3 Å². The molecular formula is C20H24F3N3O3S. The SMILES string of the molecule is C#C.C/C=N\N=C(/CC(F)(F)F)SC1CCN(C(=O)COc2ccc(CO)cc2)C1. The van der Waals surface area contributed by atoms with E-state index in [2.05, 4.69) is 23.0 Å². The van der Waals surface area contributed by atoms with Crippen LogP contribution < -0.4 is 4.74 Å². The number of nitrogens with zero attached hydrogens (tertiary/aromatic N) is 3. The second-order valence-corrected chi connectivity index (χ2v) is 7.49. The van der Waals surface area contributed by atoms with Gasteiger partial charge in [-0.15, -0.1) is 29.7 Å². The average molecular weight is 443 g/mol. The van der Waals surface area contributed by atoms with Crippen LogP contribution in [0.5, 0.6) is 5.75 Å². The Balaban J connectivity index is 0.00000218. The number of rotatable bonds is 7. The molecular weight excluding hydrogens is 419 g/mol. The molecule has 0 aliphatic carbocycles. The molecule has 1 aliphatic rings. The minimum atomic E-state index is -4.36. The number of benzene rings is 1. The summed E-state index contributed by atoms with van der Waals surface area (Å²) in [6.45, 7) is 2.14. The Labute approximate surface area is 178 Å². The molecule has 10 heteroatoms. The first-order valence-electron chi connectivity index (χ1n) is 9.02. The molecule has 1 aliphatic heterocycles. The molecule has 30 heavy (non-hydrogen) atoms. The molecule has 0 saturated carbocycles. The highest BCUT2D eigenvalue weighted by Crippen LogP contribution is 2.30. The molecule has 0 radical (unpaired) electrons. The van der Waals surface area contributed by atoms with Crippen molar-refractivity contribution in [2.45, 2.75) is 37.8 Å². The summed E-state index contributed by atoms with van der Waals surface area (Å²) in [6.07, 6.45) is 4.41. The van der Waals surface area contributed by atoms with E-state index in [1.54, 1.807) is 36.1 Å². The Hall–Kier alpha value is -2.51. The molecule has 1 atom stereocenters. The lowest BCUT2D eigenvalue weighted by Crippen LogP contribution is -2.33. The summed E-state index contributed by atoms with van der Waals surface area (Å²) < 4.78 is 43.5. The van der Waals surface area contributed by atoms with Crippen molar-refractivity contribution >= 4 is 28.9 Å². The zero-order valence-electron chi connectivity index (χ0n) is 16.5. The molecule has 2 rings (SSSR count). The zero-order chi connectivity index (χ0) is 22.6. The molecule has 1 amide bonds. The quantitative estimate of drug-likeness (QED) is 0.303. The lowest BCUT2D eigenvalue weighted by molar-refractivity contribution is -0.132. The van der Waals surface area contributed by atoms with Crippen molar-refractivity contribution in [2.24, 2.45) is 10.2 Å². The Bertz CT molecular complexity index is 749. The number of thioether (sulfide) groups is 1. The lowest BCUT2D eigenvalue weighted by Gasteiger charge is -2.17. The van der Waals surface area contributed by atoms with Crippen LogP contribution in [0.25, 0.3) is 0 Å². The van der Waals surface area contributed by atoms with Gasteiger partial charge in [-0.05, 0) is 31.0 Å². The summed E-state index contributed by atoms with van der Waals surface area (Å²) in [6, 6.07) is 6.72. The highest BCUT2D eigenvalue weighted by molar-refractivity contribution is 8.14. The second kappa shape index (κ2) is 12.9. The first kappa shape index (κ1) is 25.5. The minimum Gasteiger partial charge on any atom is -0.484 e. The van der Waals surface area contributed by atoms with Crippen molar-refractivity contribution in [1.29, 1.82) is 0 Å². The molecule has 1 saturated heterocycles. The summed E-state index contributed by atoms with van der Waals surface area (Å²) in [5, 5.41) is 15.9. The maximum Gasteiger partial charge on any atom is 0.395 e. The number of hydrogen-bond donors (Lipinski definition) is 1. The minimum absolute atomic E-state index is 0.0742. The summed E-state index contributed by atoms with van der Waals surface area (Å²) in [4.78, 5) is 13.9. The predicted molar refractivity (Wildman–Crippen MR) is 113 cm³/mol. The first-order chi connectivity index (χ1) is 14.3. The van der Waals surface area contributed by atoms with Crippen molar-refractivity contribution < 1.29 is 27.8 Å². The van der Waals surface area contributed by atoms with E-state index in [4.69, 9.17) is 9.84 Å². The van der Waals surface area contributed by atoms with Gasteiger partial charge in [0, 0.05) is 24.6 Å². The van der Waals surface area contributed by atoms with Crippen LogP contribution in [0.15, 0.2) is 34.5 Å². The number of ether oxygens (including phenoxy) is 1. The van der Waals surface area contributed by atoms with Gasteiger partial charge in [0.1, 0.15) is 10.8 Å². The van der Waals surface area contributed by atoms with Gasteiger partial charge >= 0.3 is 6.18 Å². The highest BCUT2D eigenvalue weighted by atomic mass is 32.2. The summed E-state index contributed by atoms with van der Waals surface area (Å²) in [7, 11) is 0. The molecule has 1 fully saturated rings. The number of aliphatic hydroxyl groups excluding tert-OH is 1. The molecule has 164 valence electrons. The number of carbonyl (C=O) groups is 1. The van der Waals surface area contributed by atoms with E-state index in [0.717, 1.165) is 17.3 Å². The number of alkyl halides is 3. The van der Waals surface area contributed by atoms with Crippen LogP contribution in [0.1, 0.15) is 25.3 Å². The normalized spacial score (nSPS) is 17.0. The van der Waals surface area contributed by atoms with Gasteiger partial charge in [-0.25, -0.2) is 0 Å². The molecule has 1 aromatic rings. The fraction of sp³-hybridized carbons (Fsp3) is 0.450. The second-order valence-electron chi connectivity index (χ2n) is 6.12. The van der Waals surface area contributed by atoms with Gasteiger partial charge < -0.3 is 14.7 Å². The van der Waals surface area contributed by atoms with Crippen molar-refractivity contribution in [1.82, 2.24) is 4.90 Å². The molecule has 0 spiro atoms. The Morgan fingerprint density at radius 1 is 1.37 bits per heavy atom. The lowest BCUT2D eigenvalue weighted by atomic mass is 10.2. The van der Waals surface area contributed by atoms with E-state index in [1.165, 1.54) is 6.21 Å². The zero-order valence-corrected chi connectivity index (χ0v) is 17.3. The molecule has 6 nitrogen and oxygen atoms in total. The topological polar surface area (TPSA) is 74.5 Å². The van der Waals surface area contributed by atoms with Gasteiger partial charge in [0.2, 0.25) is 0 Å². The first-order valence-corrected chi connectivity index (χ1v) is 9.90. The van der Waals surface area contributed by atoms with Gasteiger partial charge in [-0.1, -0.05) is 12.1 Å². The molecule has 0 bridgehead atoms. The number of amides is 1. The van der Waals surface area contributed by atoms with Crippen molar-refractivity contribution in [3.05, 3.63) is 29.8 Å². The van der Waals surface area contributed by atoms with E-state index in [1.807, 2.05) is 0 Å². The van der Waals surface area contributed by atoms with Crippen LogP contribution in [0.3, 0.4) is 0 Å². The standard InChI is InChI=1S/C18H22F3N3O3S.C2H2/c1-2-22-23-16(9-18(19,20)21)28-15-7-8-24(10-15)17(26)12-27-14-5-3-13(11-25)4-6-14;1-2/h2-6,15,25H,7-12H2,1H3;1-2H/b22-2-,23-16+;. The third-order valence-electron chi connectivity index (χ3n) is 3.91. The molecule has 1 heterocycles. The van der Waals surface area contributed by atoms with Crippen LogP contribution in [0.4, 0.5) is 13.2 Å². The van der Waals surface area contributed by atoms with Crippen molar-refractivity contribution in [2.75, 3.05) is 19.7 Å². The van der Waals surface area contributed by atoms with Crippen LogP contribution in [-0.4, -0.2) is 58.3 Å². The Morgan fingerprint density at radius 2 is 2.03 bits per heavy atom. The summed E-state index contributed by atoms with van der Waals surface area (Å²) in [5.74, 6) is 0.280. The molecule has 0 aromatic heterocycles. The predicted octanol–water partition coefficient (Wildman–Crippen LogP) is 3.50. The van der Waals surface area contributed by atoms with Gasteiger partial charge in [-0.2, -0.15) is 18.3 Å². The van der Waals surface area contributed by atoms with E-state index in [-0.39, 0.29) is 29.4 Å². The van der Waals surface area contributed by atoms with E-state index < -0.39 is 12.6 Å². The number of aliphatic hydroxyl groups is 1. The van der Waals surface area contributed by atoms with Crippen molar-refractivity contribution in [3.8, 4) is 18.6 Å². The summed E-state index contributed by atoms with van der Waals surface area (Å²) in [5.41, 5.74) is 0.738. The highest BCUT2D eigenvalue weighted by Gasteiger charge is 2.34.